The normalized spacial score (nSPS) is 34.4. The van der Waals surface area contributed by atoms with E-state index in [1.165, 1.54) is 30.5 Å². The van der Waals surface area contributed by atoms with Crippen LogP contribution in [0.15, 0.2) is 24.3 Å². The maximum Gasteiger partial charge on any atom is 0.165 e. The Kier molecular flexibility index (Phi) is 3.23. The number of phenolic OH excluding ortho intramolecular Hbond substituents is 1. The fraction of sp³-hybridized carbons (Fsp3) is 0.600. The molecule has 2 aliphatic carbocycles. The van der Waals surface area contributed by atoms with Crippen molar-refractivity contribution >= 4 is 0 Å². The first-order valence-corrected chi connectivity index (χ1v) is 9.16. The van der Waals surface area contributed by atoms with Crippen molar-refractivity contribution in [2.75, 3.05) is 20.2 Å². The van der Waals surface area contributed by atoms with E-state index in [0.29, 0.717) is 5.75 Å². The highest BCUT2D eigenvalue weighted by molar-refractivity contribution is 5.60. The van der Waals surface area contributed by atoms with Gasteiger partial charge in [-0.05, 0) is 43.4 Å². The van der Waals surface area contributed by atoms with Crippen molar-refractivity contribution in [3.05, 3.63) is 35.4 Å². The van der Waals surface area contributed by atoms with E-state index in [0.717, 1.165) is 31.8 Å². The van der Waals surface area contributed by atoms with Crippen LogP contribution in [-0.2, 0) is 16.7 Å². The zero-order valence-corrected chi connectivity index (χ0v) is 14.2. The Morgan fingerprint density at radius 1 is 1.38 bits per heavy atom. The molecule has 1 spiro atoms. The van der Waals surface area contributed by atoms with Crippen LogP contribution in [0.1, 0.15) is 36.8 Å². The molecule has 2 aliphatic heterocycles. The van der Waals surface area contributed by atoms with E-state index in [-0.39, 0.29) is 23.4 Å². The summed E-state index contributed by atoms with van der Waals surface area (Å²) >= 11 is 0. The molecular weight excluding hydrogens is 302 g/mol. The quantitative estimate of drug-likeness (QED) is 0.867. The third-order valence-corrected chi connectivity index (χ3v) is 6.33. The third-order valence-electron chi connectivity index (χ3n) is 6.33. The van der Waals surface area contributed by atoms with Crippen molar-refractivity contribution in [3.8, 4) is 11.5 Å². The first kappa shape index (κ1) is 14.8. The van der Waals surface area contributed by atoms with Crippen LogP contribution in [0.4, 0.5) is 0 Å². The second-order valence-corrected chi connectivity index (χ2v) is 7.89. The van der Waals surface area contributed by atoms with Gasteiger partial charge in [0.25, 0.3) is 0 Å². The van der Waals surface area contributed by atoms with Gasteiger partial charge >= 0.3 is 0 Å². The highest BCUT2D eigenvalue weighted by Crippen LogP contribution is 2.55. The van der Waals surface area contributed by atoms with Crippen molar-refractivity contribution in [1.29, 1.82) is 0 Å². The van der Waals surface area contributed by atoms with Crippen molar-refractivity contribution in [3.63, 3.8) is 0 Å². The molecule has 128 valence electrons. The van der Waals surface area contributed by atoms with Crippen LogP contribution in [-0.4, -0.2) is 42.4 Å². The fourth-order valence-electron chi connectivity index (χ4n) is 4.83. The second kappa shape index (κ2) is 5.24. The smallest absolute Gasteiger partial charge is 0.165 e. The number of benzene rings is 1. The number of methoxy groups -OCH3 is 1. The molecule has 3 atom stereocenters. The van der Waals surface area contributed by atoms with E-state index in [1.54, 1.807) is 13.2 Å². The van der Waals surface area contributed by atoms with Gasteiger partial charge in [-0.1, -0.05) is 18.2 Å². The predicted octanol–water partition coefficient (Wildman–Crippen LogP) is 2.98. The molecule has 1 fully saturated rings. The molecule has 0 bridgehead atoms. The van der Waals surface area contributed by atoms with E-state index >= 15 is 0 Å². The monoisotopic (exact) mass is 327 g/mol. The van der Waals surface area contributed by atoms with Gasteiger partial charge in [-0.3, -0.25) is 4.90 Å². The highest BCUT2D eigenvalue weighted by Gasteiger charge is 2.53. The minimum absolute atomic E-state index is 0.0652. The highest BCUT2D eigenvalue weighted by atomic mass is 16.5. The lowest BCUT2D eigenvalue weighted by Crippen LogP contribution is -2.43. The average molecular weight is 327 g/mol. The molecule has 0 saturated heterocycles. The standard InChI is InChI=1S/C20H25NO3/c1-23-15-6-7-20-8-9-21(11-13-2-3-13)12-14-4-5-16(22)19(18(14)20)24-17(20)10-15/h4-7,13,15,17,22H,2-3,8-12H2,1H3/t15-,17-,20-/m0/s1. The summed E-state index contributed by atoms with van der Waals surface area (Å²) in [4.78, 5) is 2.60. The summed E-state index contributed by atoms with van der Waals surface area (Å²) in [6.07, 6.45) is 9.35. The number of rotatable bonds is 3. The Morgan fingerprint density at radius 2 is 2.25 bits per heavy atom. The molecule has 2 heterocycles. The van der Waals surface area contributed by atoms with Crippen LogP contribution >= 0.6 is 0 Å². The number of nitrogens with zero attached hydrogens (tertiary/aromatic N) is 1. The van der Waals surface area contributed by atoms with Crippen LogP contribution < -0.4 is 4.74 Å². The van der Waals surface area contributed by atoms with E-state index in [1.807, 2.05) is 0 Å². The molecule has 0 amide bonds. The van der Waals surface area contributed by atoms with Crippen molar-refractivity contribution in [2.24, 2.45) is 5.92 Å². The van der Waals surface area contributed by atoms with Crippen molar-refractivity contribution < 1.29 is 14.6 Å². The molecule has 4 nitrogen and oxygen atoms in total. The topological polar surface area (TPSA) is 41.9 Å². The first-order valence-electron chi connectivity index (χ1n) is 9.16. The maximum atomic E-state index is 10.4. The first-order chi connectivity index (χ1) is 11.7. The zero-order chi connectivity index (χ0) is 16.3. The summed E-state index contributed by atoms with van der Waals surface area (Å²) < 4.78 is 11.8. The van der Waals surface area contributed by atoms with Crippen LogP contribution in [0, 0.1) is 5.92 Å². The van der Waals surface area contributed by atoms with Gasteiger partial charge in [-0.2, -0.15) is 0 Å². The Bertz CT molecular complexity index is 696. The van der Waals surface area contributed by atoms with Gasteiger partial charge in [0.2, 0.25) is 0 Å². The molecule has 5 rings (SSSR count). The lowest BCUT2D eigenvalue weighted by Gasteiger charge is -2.36. The molecule has 1 saturated carbocycles. The molecule has 0 unspecified atom stereocenters. The Morgan fingerprint density at radius 3 is 3.04 bits per heavy atom. The van der Waals surface area contributed by atoms with Gasteiger partial charge in [-0.15, -0.1) is 0 Å². The number of hydrogen-bond donors (Lipinski definition) is 1. The van der Waals surface area contributed by atoms with E-state index in [9.17, 15) is 5.11 Å². The number of ether oxygens (including phenoxy) is 2. The maximum absolute atomic E-state index is 10.4. The van der Waals surface area contributed by atoms with Gasteiger partial charge in [0, 0.05) is 32.2 Å². The van der Waals surface area contributed by atoms with Gasteiger partial charge in [0.1, 0.15) is 6.10 Å². The Labute approximate surface area is 143 Å². The summed E-state index contributed by atoms with van der Waals surface area (Å²) in [5, 5.41) is 10.4. The predicted molar refractivity (Wildman–Crippen MR) is 91.4 cm³/mol. The minimum Gasteiger partial charge on any atom is -0.504 e. The molecule has 1 N–H and O–H groups in total. The summed E-state index contributed by atoms with van der Waals surface area (Å²) in [6.45, 7) is 3.27. The van der Waals surface area contributed by atoms with Crippen LogP contribution in [0.2, 0.25) is 0 Å². The summed E-state index contributed by atoms with van der Waals surface area (Å²) in [7, 11) is 1.75. The number of hydrogen-bond acceptors (Lipinski definition) is 4. The largest absolute Gasteiger partial charge is 0.504 e. The van der Waals surface area contributed by atoms with E-state index in [4.69, 9.17) is 9.47 Å². The second-order valence-electron chi connectivity index (χ2n) is 7.89. The third kappa shape index (κ3) is 2.12. The molecule has 24 heavy (non-hydrogen) atoms. The van der Waals surface area contributed by atoms with Gasteiger partial charge in [0.05, 0.1) is 11.5 Å². The summed E-state index contributed by atoms with van der Waals surface area (Å²) in [6, 6.07) is 3.90. The number of aromatic hydroxyl groups is 1. The van der Waals surface area contributed by atoms with Gasteiger partial charge < -0.3 is 14.6 Å². The Balaban J connectivity index is 1.59. The van der Waals surface area contributed by atoms with Gasteiger partial charge in [0.15, 0.2) is 11.5 Å². The number of phenols is 1. The minimum atomic E-state index is -0.100. The molecule has 4 heteroatoms. The molecule has 1 aromatic rings. The molecule has 0 aromatic heterocycles. The van der Waals surface area contributed by atoms with Crippen LogP contribution in [0.25, 0.3) is 0 Å². The van der Waals surface area contributed by atoms with E-state index < -0.39 is 0 Å². The summed E-state index contributed by atoms with van der Waals surface area (Å²) in [5.41, 5.74) is 2.46. The van der Waals surface area contributed by atoms with Crippen molar-refractivity contribution in [1.82, 2.24) is 4.90 Å². The average Bonchev–Trinajstić information content (AvgIpc) is 3.36. The molecule has 1 aromatic carbocycles. The SMILES string of the molecule is CO[C@H]1C=C[C@@]23CCN(CC4CC4)Cc4ccc(O)c(c42)O[C@H]3C1. The van der Waals surface area contributed by atoms with Crippen LogP contribution in [0.5, 0.6) is 11.5 Å². The zero-order valence-electron chi connectivity index (χ0n) is 14.2. The molecule has 0 radical (unpaired) electrons. The fourth-order valence-corrected chi connectivity index (χ4v) is 4.83. The summed E-state index contributed by atoms with van der Waals surface area (Å²) in [5.74, 6) is 1.89. The lowest BCUT2D eigenvalue weighted by molar-refractivity contribution is 0.0544. The van der Waals surface area contributed by atoms with E-state index in [2.05, 4.69) is 23.1 Å². The molecule has 4 aliphatic rings. The van der Waals surface area contributed by atoms with Crippen molar-refractivity contribution in [2.45, 2.75) is 49.9 Å². The Hall–Kier alpha value is -1.52. The van der Waals surface area contributed by atoms with Crippen LogP contribution in [0.3, 0.4) is 0 Å². The lowest BCUT2D eigenvalue weighted by atomic mass is 9.69. The molecular formula is C20H25NO3. The van der Waals surface area contributed by atoms with Gasteiger partial charge in [-0.25, -0.2) is 0 Å².